The van der Waals surface area contributed by atoms with Crippen LogP contribution in [0.15, 0.2) is 30.5 Å². The maximum Gasteiger partial charge on any atom is 0.275 e. The van der Waals surface area contributed by atoms with Gasteiger partial charge in [-0.1, -0.05) is 12.1 Å². The van der Waals surface area contributed by atoms with Gasteiger partial charge in [-0.2, -0.15) is 5.10 Å². The number of hydrogen-bond acceptors (Lipinski definition) is 4. The predicted octanol–water partition coefficient (Wildman–Crippen LogP) is 0.828. The highest BCUT2D eigenvalue weighted by atomic mass is 19.1. The summed E-state index contributed by atoms with van der Waals surface area (Å²) in [4.78, 5) is 11.7. The Kier molecular flexibility index (Phi) is 3.99. The summed E-state index contributed by atoms with van der Waals surface area (Å²) in [6.45, 7) is 1.54. The van der Waals surface area contributed by atoms with E-state index in [4.69, 9.17) is 5.11 Å². The summed E-state index contributed by atoms with van der Waals surface area (Å²) in [5.74, 6) is -1.53. The minimum Gasteiger partial charge on any atom is -0.504 e. The molecule has 2 aromatic rings. The number of carbonyl (C=O) groups is 1. The number of para-hydroxylation sites is 1. The number of aromatic nitrogens is 2. The van der Waals surface area contributed by atoms with Crippen molar-refractivity contribution >= 4 is 5.91 Å². The Morgan fingerprint density at radius 3 is 2.85 bits per heavy atom. The van der Waals surface area contributed by atoms with Gasteiger partial charge in [0.2, 0.25) is 0 Å². The minimum atomic E-state index is -0.713. The van der Waals surface area contributed by atoms with Gasteiger partial charge in [-0.15, -0.1) is 0 Å². The zero-order valence-corrected chi connectivity index (χ0v) is 10.7. The Bertz CT molecular complexity index is 625. The Balaban J connectivity index is 2.26. The molecule has 2 rings (SSSR count). The molecule has 1 aromatic carbocycles. The molecule has 0 aliphatic rings. The lowest BCUT2D eigenvalue weighted by molar-refractivity contribution is 0.0916. The fourth-order valence-corrected chi connectivity index (χ4v) is 1.61. The van der Waals surface area contributed by atoms with Crippen LogP contribution in [0.25, 0.3) is 5.69 Å². The molecule has 106 valence electrons. The molecule has 20 heavy (non-hydrogen) atoms. The number of halogens is 1. The topological polar surface area (TPSA) is 87.4 Å². The molecule has 0 radical (unpaired) electrons. The Morgan fingerprint density at radius 2 is 2.20 bits per heavy atom. The van der Waals surface area contributed by atoms with Gasteiger partial charge in [0.1, 0.15) is 11.5 Å². The molecule has 1 amide bonds. The molecule has 1 unspecified atom stereocenters. The average Bonchev–Trinajstić information content (AvgIpc) is 2.78. The van der Waals surface area contributed by atoms with Gasteiger partial charge in [-0.05, 0) is 19.1 Å². The summed E-state index contributed by atoms with van der Waals surface area (Å²) in [7, 11) is 0. The molecule has 1 atom stereocenters. The van der Waals surface area contributed by atoms with Gasteiger partial charge < -0.3 is 15.5 Å². The number of nitrogens with zero attached hydrogens (tertiary/aromatic N) is 2. The number of aliphatic hydroxyl groups is 1. The van der Waals surface area contributed by atoms with Gasteiger partial charge in [-0.3, -0.25) is 4.79 Å². The van der Waals surface area contributed by atoms with Gasteiger partial charge in [0, 0.05) is 6.54 Å². The van der Waals surface area contributed by atoms with Crippen LogP contribution in [0.4, 0.5) is 4.39 Å². The van der Waals surface area contributed by atoms with Crippen LogP contribution in [0.2, 0.25) is 0 Å². The normalized spacial score (nSPS) is 12.2. The van der Waals surface area contributed by atoms with Crippen molar-refractivity contribution in [1.82, 2.24) is 15.1 Å². The molecule has 0 fully saturated rings. The van der Waals surface area contributed by atoms with Crippen LogP contribution in [0.5, 0.6) is 5.75 Å². The number of aromatic hydroxyl groups is 1. The van der Waals surface area contributed by atoms with E-state index in [1.165, 1.54) is 25.1 Å². The molecule has 0 bridgehead atoms. The molecule has 3 N–H and O–H groups in total. The number of hydrogen-bond donors (Lipinski definition) is 3. The number of carbonyl (C=O) groups excluding carboxylic acids is 1. The zero-order chi connectivity index (χ0) is 14.7. The predicted molar refractivity (Wildman–Crippen MR) is 69.2 cm³/mol. The Morgan fingerprint density at radius 1 is 1.50 bits per heavy atom. The van der Waals surface area contributed by atoms with Crippen LogP contribution in [-0.2, 0) is 0 Å². The number of benzene rings is 1. The zero-order valence-electron chi connectivity index (χ0n) is 10.7. The van der Waals surface area contributed by atoms with E-state index in [1.807, 2.05) is 0 Å². The number of aliphatic hydroxyl groups excluding tert-OH is 1. The van der Waals surface area contributed by atoms with E-state index in [9.17, 15) is 14.3 Å². The van der Waals surface area contributed by atoms with Crippen LogP contribution < -0.4 is 5.32 Å². The maximum atomic E-state index is 13.6. The van der Waals surface area contributed by atoms with Crippen LogP contribution in [0.3, 0.4) is 0 Å². The van der Waals surface area contributed by atoms with Crippen LogP contribution >= 0.6 is 0 Å². The van der Waals surface area contributed by atoms with Crippen molar-refractivity contribution in [1.29, 1.82) is 0 Å². The first-order valence-electron chi connectivity index (χ1n) is 5.99. The van der Waals surface area contributed by atoms with E-state index in [0.717, 1.165) is 10.9 Å². The second-order valence-corrected chi connectivity index (χ2v) is 4.32. The largest absolute Gasteiger partial charge is 0.504 e. The first kappa shape index (κ1) is 14.0. The van der Waals surface area contributed by atoms with E-state index in [2.05, 4.69) is 10.4 Å². The molecular formula is C13H14FN3O3. The van der Waals surface area contributed by atoms with Crippen molar-refractivity contribution in [2.24, 2.45) is 0 Å². The molecule has 1 heterocycles. The summed E-state index contributed by atoms with van der Waals surface area (Å²) in [6, 6.07) is 5.86. The van der Waals surface area contributed by atoms with Crippen molar-refractivity contribution in [3.63, 3.8) is 0 Å². The van der Waals surface area contributed by atoms with E-state index in [-0.39, 0.29) is 23.7 Å². The van der Waals surface area contributed by atoms with E-state index in [1.54, 1.807) is 6.07 Å². The Hall–Kier alpha value is -2.41. The van der Waals surface area contributed by atoms with Gasteiger partial charge in [0.05, 0.1) is 12.3 Å². The molecular weight excluding hydrogens is 265 g/mol. The highest BCUT2D eigenvalue weighted by Crippen LogP contribution is 2.19. The molecule has 0 saturated carbocycles. The Labute approximate surface area is 114 Å². The number of amides is 1. The molecule has 0 saturated heterocycles. The third kappa shape index (κ3) is 2.94. The summed E-state index contributed by atoms with van der Waals surface area (Å²) in [6.07, 6.45) is 0.435. The van der Waals surface area contributed by atoms with Crippen LogP contribution in [-0.4, -0.2) is 38.5 Å². The highest BCUT2D eigenvalue weighted by Gasteiger charge is 2.18. The molecule has 0 spiro atoms. The van der Waals surface area contributed by atoms with Crippen molar-refractivity contribution in [2.45, 2.75) is 13.0 Å². The minimum absolute atomic E-state index is 0.0326. The maximum absolute atomic E-state index is 13.6. The fraction of sp³-hybridized carbons (Fsp3) is 0.231. The van der Waals surface area contributed by atoms with Crippen molar-refractivity contribution in [3.8, 4) is 11.4 Å². The third-order valence-electron chi connectivity index (χ3n) is 2.57. The van der Waals surface area contributed by atoms with Gasteiger partial charge in [0.25, 0.3) is 5.91 Å². The van der Waals surface area contributed by atoms with Gasteiger partial charge in [0.15, 0.2) is 11.4 Å². The fourth-order valence-electron chi connectivity index (χ4n) is 1.61. The monoisotopic (exact) mass is 279 g/mol. The third-order valence-corrected chi connectivity index (χ3v) is 2.57. The first-order chi connectivity index (χ1) is 9.49. The van der Waals surface area contributed by atoms with Crippen molar-refractivity contribution < 1.29 is 19.4 Å². The van der Waals surface area contributed by atoms with Crippen LogP contribution in [0, 0.1) is 5.82 Å². The van der Waals surface area contributed by atoms with Crippen molar-refractivity contribution in [3.05, 3.63) is 42.0 Å². The van der Waals surface area contributed by atoms with Crippen molar-refractivity contribution in [2.75, 3.05) is 6.54 Å². The summed E-state index contributed by atoms with van der Waals surface area (Å²) in [5.41, 5.74) is -0.105. The van der Waals surface area contributed by atoms with E-state index >= 15 is 0 Å². The van der Waals surface area contributed by atoms with E-state index < -0.39 is 17.8 Å². The molecule has 1 aromatic heterocycles. The number of nitrogens with one attached hydrogen (secondary N) is 1. The molecule has 0 aliphatic carbocycles. The number of rotatable bonds is 4. The standard InChI is InChI=1S/C13H14FN3O3/c1-8(18)6-15-13(20)12-11(19)7-17(16-12)10-5-3-2-4-9(10)14/h2-5,7-8,18-19H,6H2,1H3,(H,15,20). The molecule has 7 heteroatoms. The smallest absolute Gasteiger partial charge is 0.275 e. The summed E-state index contributed by atoms with van der Waals surface area (Å²) < 4.78 is 14.7. The molecule has 0 aliphatic heterocycles. The summed E-state index contributed by atoms with van der Waals surface area (Å²) >= 11 is 0. The lowest BCUT2D eigenvalue weighted by atomic mass is 10.3. The van der Waals surface area contributed by atoms with Gasteiger partial charge in [-0.25, -0.2) is 9.07 Å². The van der Waals surface area contributed by atoms with E-state index in [0.29, 0.717) is 0 Å². The lowest BCUT2D eigenvalue weighted by Crippen LogP contribution is -2.30. The first-order valence-corrected chi connectivity index (χ1v) is 5.99. The second-order valence-electron chi connectivity index (χ2n) is 4.32. The van der Waals surface area contributed by atoms with Crippen LogP contribution in [0.1, 0.15) is 17.4 Å². The lowest BCUT2D eigenvalue weighted by Gasteiger charge is -2.05. The average molecular weight is 279 g/mol. The van der Waals surface area contributed by atoms with Gasteiger partial charge >= 0.3 is 0 Å². The summed E-state index contributed by atoms with van der Waals surface area (Å²) in [5, 5.41) is 25.0. The SMILES string of the molecule is CC(O)CNC(=O)c1nn(-c2ccccc2F)cc1O. The second kappa shape index (κ2) is 5.70. The molecule has 6 nitrogen and oxygen atoms in total. The quantitative estimate of drug-likeness (QED) is 0.773. The highest BCUT2D eigenvalue weighted by molar-refractivity contribution is 5.94.